The van der Waals surface area contributed by atoms with Crippen LogP contribution in [0.15, 0.2) is 106 Å². The van der Waals surface area contributed by atoms with Gasteiger partial charge in [-0.15, -0.1) is 0 Å². The third-order valence-electron chi connectivity index (χ3n) is 12.0. The van der Waals surface area contributed by atoms with Crippen molar-refractivity contribution in [2.45, 2.75) is 76.3 Å². The van der Waals surface area contributed by atoms with Crippen molar-refractivity contribution in [2.24, 2.45) is 11.3 Å². The Bertz CT molecular complexity index is 2230. The van der Waals surface area contributed by atoms with Crippen LogP contribution in [0.4, 0.5) is 0 Å². The minimum Gasteiger partial charge on any atom is -1.00 e. The third-order valence-corrected chi connectivity index (χ3v) is 24.1. The standard InChI is InChI=1S/C23H21.C11H17.2C7H5Cl.2ClH.Zr/c1-22(2)7-5-14-10-18-16(12-20(14)22)9-17-13-21-15(11-19(17)18)6-8-23(21,3)4;1-5-9-6-7-10(8-9)11(2,3)4;2*1-6-2-4-7(8)5-3-6;;;/h5-13H,1-4H3;7-9H,5H2,1-4H3;2*1-5H;2*1H;/q;;;;;;+2/p-2. The second kappa shape index (κ2) is 14.3. The van der Waals surface area contributed by atoms with E-state index in [0.717, 1.165) is 16.5 Å². The van der Waals surface area contributed by atoms with Crippen molar-refractivity contribution in [3.05, 3.63) is 161 Å². The molecule has 0 radical (unpaired) electrons. The van der Waals surface area contributed by atoms with Crippen molar-refractivity contribution in [3.8, 4) is 11.1 Å². The summed E-state index contributed by atoms with van der Waals surface area (Å²) in [5.41, 5.74) is 15.4. The molecule has 4 aromatic rings. The molecule has 272 valence electrons. The monoisotopic (exact) mass is 854 g/mol. The van der Waals surface area contributed by atoms with Gasteiger partial charge in [-0.05, 0) is 0 Å². The molecular formula is C48H48Cl4Zr. The first-order chi connectivity index (χ1) is 24.1. The largest absolute Gasteiger partial charge is 1.00 e. The molecule has 8 rings (SSSR count). The molecule has 0 nitrogen and oxygen atoms in total. The summed E-state index contributed by atoms with van der Waals surface area (Å²) in [4.78, 5) is 0. The predicted molar refractivity (Wildman–Crippen MR) is 220 cm³/mol. The Kier molecular flexibility index (Phi) is 10.9. The molecule has 4 aliphatic rings. The number of fused-ring (bicyclic) bond motifs is 5. The number of rotatable bonds is 5. The van der Waals surface area contributed by atoms with Gasteiger partial charge in [-0.3, -0.25) is 0 Å². The first-order valence-electron chi connectivity index (χ1n) is 18.5. The van der Waals surface area contributed by atoms with Gasteiger partial charge in [0.2, 0.25) is 0 Å². The molecule has 0 amide bonds. The second-order valence-corrected chi connectivity index (χ2v) is 27.1. The van der Waals surface area contributed by atoms with E-state index in [4.69, 9.17) is 23.2 Å². The summed E-state index contributed by atoms with van der Waals surface area (Å²) < 4.78 is 7.42. The van der Waals surface area contributed by atoms with Gasteiger partial charge in [0.15, 0.2) is 0 Å². The van der Waals surface area contributed by atoms with Gasteiger partial charge in [-0.1, -0.05) is 0 Å². The van der Waals surface area contributed by atoms with Crippen LogP contribution < -0.4 is 24.8 Å². The van der Waals surface area contributed by atoms with Crippen molar-refractivity contribution < 1.29 is 44.1 Å². The Morgan fingerprint density at radius 1 is 0.679 bits per heavy atom. The summed E-state index contributed by atoms with van der Waals surface area (Å²) in [6.07, 6.45) is 15.8. The molecular weight excluding hydrogens is 810 g/mol. The summed E-state index contributed by atoms with van der Waals surface area (Å²) in [6, 6.07) is 27.5. The molecule has 4 aliphatic carbocycles. The van der Waals surface area contributed by atoms with Gasteiger partial charge >= 0.3 is 321 Å². The van der Waals surface area contributed by atoms with Crippen LogP contribution in [-0.4, -0.2) is 7.42 Å². The number of halogens is 4. The van der Waals surface area contributed by atoms with Crippen molar-refractivity contribution in [2.75, 3.05) is 0 Å². The zero-order valence-corrected chi connectivity index (χ0v) is 37.4. The smallest absolute Gasteiger partial charge is 1.00 e. The van der Waals surface area contributed by atoms with E-state index in [1.165, 1.54) is 61.2 Å². The topological polar surface area (TPSA) is 0 Å². The maximum atomic E-state index is 6.54. The molecule has 0 spiro atoms. The van der Waals surface area contributed by atoms with Crippen molar-refractivity contribution >= 4 is 42.8 Å². The molecule has 4 aromatic carbocycles. The quantitative estimate of drug-likeness (QED) is 0.196. The molecule has 53 heavy (non-hydrogen) atoms. The summed E-state index contributed by atoms with van der Waals surface area (Å²) >= 11 is 9.01. The fourth-order valence-corrected chi connectivity index (χ4v) is 22.7. The molecule has 0 N–H and O–H groups in total. The van der Waals surface area contributed by atoms with Gasteiger partial charge in [0.1, 0.15) is 0 Å². The first-order valence-corrected chi connectivity index (χ1v) is 24.8. The fourth-order valence-electron chi connectivity index (χ4n) is 9.15. The van der Waals surface area contributed by atoms with Gasteiger partial charge < -0.3 is 24.8 Å². The summed E-state index contributed by atoms with van der Waals surface area (Å²) in [7, 11) is 0. The van der Waals surface area contributed by atoms with Gasteiger partial charge in [-0.25, -0.2) is 0 Å². The van der Waals surface area contributed by atoms with Crippen molar-refractivity contribution in [1.29, 1.82) is 0 Å². The molecule has 1 atom stereocenters. The van der Waals surface area contributed by atoms with Crippen LogP contribution in [0.25, 0.3) is 23.3 Å². The number of hydrogen-bond acceptors (Lipinski definition) is 0. The van der Waals surface area contributed by atoms with Crippen LogP contribution in [-0.2, 0) is 30.1 Å². The Hall–Kier alpha value is -2.38. The maximum Gasteiger partial charge on any atom is -1.00 e. The molecule has 0 fully saturated rings. The van der Waals surface area contributed by atoms with Crippen LogP contribution in [0.1, 0.15) is 110 Å². The van der Waals surface area contributed by atoms with Gasteiger partial charge in [-0.2, -0.15) is 0 Å². The zero-order chi connectivity index (χ0) is 36.1. The normalized spacial score (nSPS) is 18.0. The van der Waals surface area contributed by atoms with Gasteiger partial charge in [0, 0.05) is 0 Å². The van der Waals surface area contributed by atoms with Gasteiger partial charge in [0.25, 0.3) is 0 Å². The van der Waals surface area contributed by atoms with E-state index in [1.54, 1.807) is 3.28 Å². The van der Waals surface area contributed by atoms with Crippen LogP contribution >= 0.6 is 23.2 Å². The molecule has 5 heteroatoms. The SMILES string of the molecule is CCC1C=C(C(C)(C)C)C=[C]1[Zr+2](=[CH]c1ccc(Cl)cc1)(=[CH]c1ccc(Cl)cc1)[CH]1c2cc3c(cc2-c2cc4c(cc21)C(C)(C)C=C4)C=CC3(C)C.[Cl-].[Cl-]. The Morgan fingerprint density at radius 2 is 1.11 bits per heavy atom. The molecule has 0 saturated carbocycles. The van der Waals surface area contributed by atoms with E-state index < -0.39 is 19.3 Å². The van der Waals surface area contributed by atoms with E-state index in [0.29, 0.717) is 5.92 Å². The maximum absolute atomic E-state index is 6.54. The average Bonchev–Trinajstić information content (AvgIpc) is 3.82. The Balaban J connectivity index is 0.00000240. The average molecular weight is 858 g/mol. The van der Waals surface area contributed by atoms with Crippen molar-refractivity contribution in [3.63, 3.8) is 0 Å². The van der Waals surface area contributed by atoms with E-state index in [1.807, 2.05) is 0 Å². The Morgan fingerprint density at radius 3 is 1.51 bits per heavy atom. The van der Waals surface area contributed by atoms with E-state index >= 15 is 0 Å². The van der Waals surface area contributed by atoms with Crippen LogP contribution in [0, 0.1) is 11.3 Å². The van der Waals surface area contributed by atoms with Crippen LogP contribution in [0.3, 0.4) is 0 Å². The number of allylic oxidation sites excluding steroid dienone is 6. The number of hydrogen-bond donors (Lipinski definition) is 0. The second-order valence-electron chi connectivity index (χ2n) is 17.4. The van der Waals surface area contributed by atoms with Gasteiger partial charge in [0.05, 0.1) is 0 Å². The summed E-state index contributed by atoms with van der Waals surface area (Å²) in [5.74, 6) is 0.370. The van der Waals surface area contributed by atoms with E-state index in [-0.39, 0.29) is 44.7 Å². The molecule has 0 aliphatic heterocycles. The minimum atomic E-state index is -4.08. The predicted octanol–water partition coefficient (Wildman–Crippen LogP) is 7.43. The van der Waals surface area contributed by atoms with Crippen LogP contribution in [0.2, 0.25) is 10.0 Å². The zero-order valence-electron chi connectivity index (χ0n) is 31.9. The number of benzene rings is 4. The minimum absolute atomic E-state index is 0. The summed E-state index contributed by atoms with van der Waals surface area (Å²) in [6.45, 7) is 18.9. The van der Waals surface area contributed by atoms with Crippen molar-refractivity contribution in [1.82, 2.24) is 0 Å². The molecule has 0 heterocycles. The fraction of sp³-hybridized carbons (Fsp3) is 0.292. The molecule has 1 unspecified atom stereocenters. The Labute approximate surface area is 343 Å². The first kappa shape index (κ1) is 40.3. The molecule has 0 saturated heterocycles. The molecule has 0 aromatic heterocycles. The van der Waals surface area contributed by atoms with E-state index in [9.17, 15) is 0 Å². The molecule has 0 bridgehead atoms. The third kappa shape index (κ3) is 6.91. The van der Waals surface area contributed by atoms with Crippen LogP contribution in [0.5, 0.6) is 0 Å². The summed E-state index contributed by atoms with van der Waals surface area (Å²) in [5, 5.41) is 1.54. The van der Waals surface area contributed by atoms with E-state index in [2.05, 4.69) is 172 Å².